The number of hydrogen-bond acceptors (Lipinski definition) is 2. The molecule has 1 aliphatic rings. The average molecular weight is 234 g/mol. The van der Waals surface area contributed by atoms with Gasteiger partial charge in [-0.3, -0.25) is 9.59 Å². The van der Waals surface area contributed by atoms with Crippen molar-refractivity contribution in [2.45, 2.75) is 32.1 Å². The third-order valence-corrected chi connectivity index (χ3v) is 3.36. The third kappa shape index (κ3) is 3.44. The number of carbonyl (C=O) groups is 1. The average Bonchev–Trinajstić information content (AvgIpc) is 2.83. The molecule has 4 heteroatoms. The standard InChI is InChI=1S/C13H18N2O2/c16-12-6-5-11(9-15-12)13(17)14-8-7-10-3-1-2-4-10/h5-6,9-10H,1-4,7-8H2,(H,14,17)(H,15,16). The number of hydrogen-bond donors (Lipinski definition) is 2. The number of pyridine rings is 1. The van der Waals surface area contributed by atoms with E-state index in [-0.39, 0.29) is 11.5 Å². The van der Waals surface area contributed by atoms with Crippen molar-refractivity contribution in [2.75, 3.05) is 6.54 Å². The Morgan fingerprint density at radius 1 is 1.35 bits per heavy atom. The zero-order chi connectivity index (χ0) is 12.1. The summed E-state index contributed by atoms with van der Waals surface area (Å²) < 4.78 is 0. The van der Waals surface area contributed by atoms with Crippen molar-refractivity contribution < 1.29 is 4.79 Å². The summed E-state index contributed by atoms with van der Waals surface area (Å²) in [7, 11) is 0. The number of H-pyrrole nitrogens is 1. The van der Waals surface area contributed by atoms with Crippen molar-refractivity contribution in [2.24, 2.45) is 5.92 Å². The topological polar surface area (TPSA) is 62.0 Å². The molecule has 1 aliphatic carbocycles. The first-order chi connectivity index (χ1) is 8.25. The molecule has 0 atom stereocenters. The van der Waals surface area contributed by atoms with Gasteiger partial charge in [-0.05, 0) is 18.4 Å². The highest BCUT2D eigenvalue weighted by Crippen LogP contribution is 2.26. The quantitative estimate of drug-likeness (QED) is 0.832. The Kier molecular flexibility index (Phi) is 3.96. The summed E-state index contributed by atoms with van der Waals surface area (Å²) in [5, 5.41) is 2.88. The van der Waals surface area contributed by atoms with E-state index in [9.17, 15) is 9.59 Å². The monoisotopic (exact) mass is 234 g/mol. The first kappa shape index (κ1) is 11.9. The molecule has 92 valence electrons. The SMILES string of the molecule is O=C(NCCC1CCCC1)c1ccc(=O)[nH]c1. The van der Waals surface area contributed by atoms with Gasteiger partial charge in [-0.15, -0.1) is 0 Å². The van der Waals surface area contributed by atoms with E-state index in [1.54, 1.807) is 6.07 Å². The molecule has 0 radical (unpaired) electrons. The van der Waals surface area contributed by atoms with Gasteiger partial charge in [-0.25, -0.2) is 0 Å². The van der Waals surface area contributed by atoms with E-state index in [1.807, 2.05) is 0 Å². The normalized spacial score (nSPS) is 16.0. The van der Waals surface area contributed by atoms with Crippen LogP contribution in [0.3, 0.4) is 0 Å². The fourth-order valence-electron chi connectivity index (χ4n) is 2.34. The Morgan fingerprint density at radius 3 is 2.76 bits per heavy atom. The Morgan fingerprint density at radius 2 is 2.12 bits per heavy atom. The maximum absolute atomic E-state index is 11.7. The van der Waals surface area contributed by atoms with Gasteiger partial charge < -0.3 is 10.3 Å². The van der Waals surface area contributed by atoms with Crippen molar-refractivity contribution in [3.05, 3.63) is 34.2 Å². The Hall–Kier alpha value is -1.58. The fraction of sp³-hybridized carbons (Fsp3) is 0.538. The highest BCUT2D eigenvalue weighted by Gasteiger charge is 2.14. The van der Waals surface area contributed by atoms with Crippen LogP contribution in [-0.4, -0.2) is 17.4 Å². The molecule has 0 aromatic carbocycles. The summed E-state index contributed by atoms with van der Waals surface area (Å²) in [6, 6.07) is 2.91. The number of rotatable bonds is 4. The largest absolute Gasteiger partial charge is 0.352 e. The van der Waals surface area contributed by atoms with Gasteiger partial charge in [-0.1, -0.05) is 25.7 Å². The first-order valence-electron chi connectivity index (χ1n) is 6.22. The summed E-state index contributed by atoms with van der Waals surface area (Å²) in [4.78, 5) is 25.0. The Balaban J connectivity index is 1.76. The second-order valence-electron chi connectivity index (χ2n) is 4.64. The lowest BCUT2D eigenvalue weighted by Crippen LogP contribution is -2.26. The van der Waals surface area contributed by atoms with Crippen LogP contribution in [-0.2, 0) is 0 Å². The van der Waals surface area contributed by atoms with Crippen LogP contribution in [0.15, 0.2) is 23.1 Å². The molecular formula is C13H18N2O2. The molecule has 2 rings (SSSR count). The lowest BCUT2D eigenvalue weighted by molar-refractivity contribution is 0.0951. The summed E-state index contributed by atoms with van der Waals surface area (Å²) in [6.45, 7) is 0.725. The van der Waals surface area contributed by atoms with Crippen LogP contribution in [0, 0.1) is 5.92 Å². The molecule has 0 saturated heterocycles. The number of aromatic nitrogens is 1. The molecule has 1 aromatic rings. The predicted molar refractivity (Wildman–Crippen MR) is 66.0 cm³/mol. The van der Waals surface area contributed by atoms with E-state index >= 15 is 0 Å². The maximum atomic E-state index is 11.7. The molecule has 0 unspecified atom stereocenters. The van der Waals surface area contributed by atoms with E-state index in [0.717, 1.165) is 18.9 Å². The van der Waals surface area contributed by atoms with Crippen LogP contribution >= 0.6 is 0 Å². The highest BCUT2D eigenvalue weighted by molar-refractivity contribution is 5.93. The molecule has 1 heterocycles. The van der Waals surface area contributed by atoms with Crippen molar-refractivity contribution in [3.63, 3.8) is 0 Å². The minimum Gasteiger partial charge on any atom is -0.352 e. The van der Waals surface area contributed by atoms with Crippen molar-refractivity contribution in [1.82, 2.24) is 10.3 Å². The highest BCUT2D eigenvalue weighted by atomic mass is 16.1. The third-order valence-electron chi connectivity index (χ3n) is 3.36. The molecule has 17 heavy (non-hydrogen) atoms. The van der Waals surface area contributed by atoms with Crippen molar-refractivity contribution in [1.29, 1.82) is 0 Å². The number of carbonyl (C=O) groups excluding carboxylic acids is 1. The summed E-state index contributed by atoms with van der Waals surface area (Å²) in [6.07, 6.45) is 7.78. The van der Waals surface area contributed by atoms with E-state index in [4.69, 9.17) is 0 Å². The second-order valence-corrected chi connectivity index (χ2v) is 4.64. The van der Waals surface area contributed by atoms with E-state index in [0.29, 0.717) is 5.56 Å². The zero-order valence-corrected chi connectivity index (χ0v) is 9.87. The van der Waals surface area contributed by atoms with Crippen LogP contribution in [0.5, 0.6) is 0 Å². The molecule has 0 spiro atoms. The van der Waals surface area contributed by atoms with Crippen LogP contribution < -0.4 is 10.9 Å². The summed E-state index contributed by atoms with van der Waals surface area (Å²) >= 11 is 0. The zero-order valence-electron chi connectivity index (χ0n) is 9.87. The predicted octanol–water partition coefficient (Wildman–Crippen LogP) is 1.69. The molecule has 0 bridgehead atoms. The molecule has 1 fully saturated rings. The second kappa shape index (κ2) is 5.66. The Labute approximate surface area is 100 Å². The van der Waals surface area contributed by atoms with Crippen LogP contribution in [0.25, 0.3) is 0 Å². The molecule has 0 aliphatic heterocycles. The van der Waals surface area contributed by atoms with Gasteiger partial charge in [0.05, 0.1) is 5.56 Å². The fourth-order valence-corrected chi connectivity index (χ4v) is 2.34. The minimum absolute atomic E-state index is 0.112. The van der Waals surface area contributed by atoms with Crippen LogP contribution in [0.2, 0.25) is 0 Å². The molecule has 4 nitrogen and oxygen atoms in total. The van der Waals surface area contributed by atoms with Gasteiger partial charge in [-0.2, -0.15) is 0 Å². The molecule has 1 saturated carbocycles. The van der Waals surface area contributed by atoms with Crippen LogP contribution in [0.1, 0.15) is 42.5 Å². The summed E-state index contributed by atoms with van der Waals surface area (Å²) in [5.41, 5.74) is 0.323. The number of amides is 1. The minimum atomic E-state index is -0.187. The van der Waals surface area contributed by atoms with Gasteiger partial charge >= 0.3 is 0 Å². The molecule has 2 N–H and O–H groups in total. The smallest absolute Gasteiger partial charge is 0.252 e. The summed E-state index contributed by atoms with van der Waals surface area (Å²) in [5.74, 6) is 0.671. The van der Waals surface area contributed by atoms with Crippen molar-refractivity contribution >= 4 is 5.91 Å². The number of nitrogens with one attached hydrogen (secondary N) is 2. The van der Waals surface area contributed by atoms with Crippen molar-refractivity contribution in [3.8, 4) is 0 Å². The van der Waals surface area contributed by atoms with Gasteiger partial charge in [0.1, 0.15) is 0 Å². The number of aromatic amines is 1. The molecule has 1 amide bonds. The lowest BCUT2D eigenvalue weighted by Gasteiger charge is -2.09. The van der Waals surface area contributed by atoms with Gasteiger partial charge in [0, 0.05) is 18.8 Å². The van der Waals surface area contributed by atoms with Gasteiger partial charge in [0.15, 0.2) is 0 Å². The van der Waals surface area contributed by atoms with E-state index in [2.05, 4.69) is 10.3 Å². The lowest BCUT2D eigenvalue weighted by atomic mass is 10.0. The van der Waals surface area contributed by atoms with Gasteiger partial charge in [0.2, 0.25) is 5.56 Å². The van der Waals surface area contributed by atoms with Gasteiger partial charge in [0.25, 0.3) is 5.91 Å². The molecule has 1 aromatic heterocycles. The van der Waals surface area contributed by atoms with E-state index < -0.39 is 0 Å². The maximum Gasteiger partial charge on any atom is 0.252 e. The first-order valence-corrected chi connectivity index (χ1v) is 6.22. The van der Waals surface area contributed by atoms with E-state index in [1.165, 1.54) is 37.9 Å². The van der Waals surface area contributed by atoms with Crippen LogP contribution in [0.4, 0.5) is 0 Å². The Bertz CT molecular complexity index is 413. The molecular weight excluding hydrogens is 216 g/mol.